The average Bonchev–Trinajstić information content (AvgIpc) is 2.80. The van der Waals surface area contributed by atoms with Gasteiger partial charge in [0.25, 0.3) is 0 Å². The van der Waals surface area contributed by atoms with Gasteiger partial charge >= 0.3 is 0 Å². The molecule has 1 heterocycles. The smallest absolute Gasteiger partial charge is 0.123 e. The average molecular weight is 293 g/mol. The maximum Gasteiger partial charge on any atom is 0.123 e. The molecule has 96 valence electrons. The molecule has 19 heavy (non-hydrogen) atoms. The van der Waals surface area contributed by atoms with Gasteiger partial charge in [-0.25, -0.2) is 4.39 Å². The molecule has 0 atom stereocenters. The van der Waals surface area contributed by atoms with Gasteiger partial charge in [0.05, 0.1) is 0 Å². The molecule has 3 aromatic rings. The predicted octanol–water partition coefficient (Wildman–Crippen LogP) is 5.27. The number of rotatable bonds is 3. The van der Waals surface area contributed by atoms with Crippen LogP contribution in [-0.2, 0) is 6.61 Å². The second kappa shape index (κ2) is 5.19. The lowest BCUT2D eigenvalue weighted by molar-refractivity contribution is 0.310. The summed E-state index contributed by atoms with van der Waals surface area (Å²) in [6.07, 6.45) is 0. The van der Waals surface area contributed by atoms with Crippen LogP contribution >= 0.6 is 22.9 Å². The number of halogens is 2. The molecule has 1 aromatic heterocycles. The third kappa shape index (κ3) is 2.88. The fourth-order valence-corrected chi connectivity index (χ4v) is 2.91. The van der Waals surface area contributed by atoms with Crippen molar-refractivity contribution in [2.24, 2.45) is 0 Å². The molecule has 0 aliphatic heterocycles. The molecule has 0 aliphatic carbocycles. The van der Waals surface area contributed by atoms with Crippen molar-refractivity contribution in [1.82, 2.24) is 0 Å². The van der Waals surface area contributed by atoms with Gasteiger partial charge < -0.3 is 4.74 Å². The molecule has 0 saturated heterocycles. The normalized spacial score (nSPS) is 10.8. The van der Waals surface area contributed by atoms with E-state index in [0.717, 1.165) is 20.7 Å². The number of hydrogen-bond donors (Lipinski definition) is 0. The Morgan fingerprint density at radius 1 is 1.05 bits per heavy atom. The topological polar surface area (TPSA) is 9.23 Å². The Kier molecular flexibility index (Phi) is 3.40. The highest BCUT2D eigenvalue weighted by Gasteiger charge is 2.04. The van der Waals surface area contributed by atoms with Crippen LogP contribution in [-0.4, -0.2) is 0 Å². The third-order valence-corrected chi connectivity index (χ3v) is 4.07. The van der Waals surface area contributed by atoms with Crippen LogP contribution in [0.3, 0.4) is 0 Å². The van der Waals surface area contributed by atoms with E-state index >= 15 is 0 Å². The summed E-state index contributed by atoms with van der Waals surface area (Å²) in [4.78, 5) is 1.07. The van der Waals surface area contributed by atoms with Crippen LogP contribution in [0.25, 0.3) is 10.1 Å². The summed E-state index contributed by atoms with van der Waals surface area (Å²) >= 11 is 7.42. The Morgan fingerprint density at radius 3 is 2.63 bits per heavy atom. The van der Waals surface area contributed by atoms with Crippen molar-refractivity contribution in [3.63, 3.8) is 0 Å². The van der Waals surface area contributed by atoms with Gasteiger partial charge in [-0.1, -0.05) is 11.6 Å². The Balaban J connectivity index is 1.76. The SMILES string of the molecule is Fc1ccc2sc(COc3ccc(Cl)cc3)cc2c1. The van der Waals surface area contributed by atoms with E-state index in [1.165, 1.54) is 12.1 Å². The lowest BCUT2D eigenvalue weighted by atomic mass is 10.2. The lowest BCUT2D eigenvalue weighted by Crippen LogP contribution is -1.91. The molecule has 0 radical (unpaired) electrons. The first-order valence-corrected chi connectivity index (χ1v) is 6.96. The van der Waals surface area contributed by atoms with Crippen LogP contribution in [0.1, 0.15) is 4.88 Å². The van der Waals surface area contributed by atoms with E-state index < -0.39 is 0 Å². The van der Waals surface area contributed by atoms with E-state index in [2.05, 4.69) is 0 Å². The predicted molar refractivity (Wildman–Crippen MR) is 77.6 cm³/mol. The van der Waals surface area contributed by atoms with Crippen molar-refractivity contribution in [1.29, 1.82) is 0 Å². The van der Waals surface area contributed by atoms with Crippen LogP contribution in [0.2, 0.25) is 5.02 Å². The molecule has 1 nitrogen and oxygen atoms in total. The van der Waals surface area contributed by atoms with Gasteiger partial charge in [-0.15, -0.1) is 11.3 Å². The zero-order valence-corrected chi connectivity index (χ0v) is 11.5. The van der Waals surface area contributed by atoms with Gasteiger partial charge in [0.1, 0.15) is 18.2 Å². The highest BCUT2D eigenvalue weighted by atomic mass is 35.5. The van der Waals surface area contributed by atoms with Crippen molar-refractivity contribution in [3.8, 4) is 5.75 Å². The first kappa shape index (κ1) is 12.5. The van der Waals surface area contributed by atoms with Gasteiger partial charge in [0.2, 0.25) is 0 Å². The molecule has 3 rings (SSSR count). The van der Waals surface area contributed by atoms with Gasteiger partial charge in [-0.05, 0) is 53.9 Å². The van der Waals surface area contributed by atoms with Crippen LogP contribution in [0.15, 0.2) is 48.5 Å². The van der Waals surface area contributed by atoms with Gasteiger partial charge in [0.15, 0.2) is 0 Å². The van der Waals surface area contributed by atoms with E-state index in [4.69, 9.17) is 16.3 Å². The minimum Gasteiger partial charge on any atom is -0.488 e. The zero-order valence-electron chi connectivity index (χ0n) is 9.90. The summed E-state index contributed by atoms with van der Waals surface area (Å²) in [7, 11) is 0. The van der Waals surface area contributed by atoms with Crippen molar-refractivity contribution in [3.05, 3.63) is 64.2 Å². The number of fused-ring (bicyclic) bond motifs is 1. The quantitative estimate of drug-likeness (QED) is 0.639. The molecule has 0 amide bonds. The van der Waals surface area contributed by atoms with Crippen molar-refractivity contribution in [2.75, 3.05) is 0 Å². The molecule has 0 fully saturated rings. The largest absolute Gasteiger partial charge is 0.488 e. The minimum atomic E-state index is -0.213. The first-order chi connectivity index (χ1) is 9.20. The minimum absolute atomic E-state index is 0.213. The van der Waals surface area contributed by atoms with Crippen LogP contribution in [0.5, 0.6) is 5.75 Å². The molecule has 0 unspecified atom stereocenters. The van der Waals surface area contributed by atoms with E-state index in [1.807, 2.05) is 18.2 Å². The molecular formula is C15H10ClFOS. The number of hydrogen-bond acceptors (Lipinski definition) is 2. The lowest BCUT2D eigenvalue weighted by Gasteiger charge is -2.03. The van der Waals surface area contributed by atoms with Crippen LogP contribution in [0, 0.1) is 5.82 Å². The summed E-state index contributed by atoms with van der Waals surface area (Å²) in [5.41, 5.74) is 0. The summed E-state index contributed by atoms with van der Waals surface area (Å²) in [6, 6.07) is 14.0. The summed E-state index contributed by atoms with van der Waals surface area (Å²) in [5, 5.41) is 1.60. The Morgan fingerprint density at radius 2 is 1.84 bits per heavy atom. The van der Waals surface area contributed by atoms with Crippen molar-refractivity contribution < 1.29 is 9.13 Å². The summed E-state index contributed by atoms with van der Waals surface area (Å²) < 4.78 is 19.8. The summed E-state index contributed by atoms with van der Waals surface area (Å²) in [5.74, 6) is 0.559. The molecular weight excluding hydrogens is 283 g/mol. The maximum atomic E-state index is 13.1. The second-order valence-corrected chi connectivity index (χ2v) is 5.74. The van der Waals surface area contributed by atoms with Crippen molar-refractivity contribution in [2.45, 2.75) is 6.61 Å². The van der Waals surface area contributed by atoms with Crippen molar-refractivity contribution >= 4 is 33.0 Å². The highest BCUT2D eigenvalue weighted by molar-refractivity contribution is 7.19. The fraction of sp³-hybridized carbons (Fsp3) is 0.0667. The van der Waals surface area contributed by atoms with Crippen LogP contribution in [0.4, 0.5) is 4.39 Å². The number of thiophene rings is 1. The molecule has 0 spiro atoms. The zero-order chi connectivity index (χ0) is 13.2. The summed E-state index contributed by atoms with van der Waals surface area (Å²) in [6.45, 7) is 0.475. The van der Waals surface area contributed by atoms with E-state index in [-0.39, 0.29) is 5.82 Å². The number of benzene rings is 2. The molecule has 4 heteroatoms. The number of ether oxygens (including phenoxy) is 1. The highest BCUT2D eigenvalue weighted by Crippen LogP contribution is 2.27. The monoisotopic (exact) mass is 292 g/mol. The Labute approximate surface area is 119 Å². The van der Waals surface area contributed by atoms with Gasteiger partial charge in [-0.2, -0.15) is 0 Å². The molecule has 0 saturated carbocycles. The van der Waals surface area contributed by atoms with Crippen LogP contribution < -0.4 is 4.74 Å². The van der Waals surface area contributed by atoms with E-state index in [9.17, 15) is 4.39 Å². The molecule has 0 aliphatic rings. The third-order valence-electron chi connectivity index (χ3n) is 2.72. The standard InChI is InChI=1S/C15H10ClFOS/c16-11-1-4-13(5-2-11)18-9-14-8-10-7-12(17)3-6-15(10)19-14/h1-8H,9H2. The molecule has 2 aromatic carbocycles. The van der Waals surface area contributed by atoms with E-state index in [1.54, 1.807) is 29.5 Å². The van der Waals surface area contributed by atoms with E-state index in [0.29, 0.717) is 11.6 Å². The second-order valence-electron chi connectivity index (χ2n) is 4.14. The molecule has 0 N–H and O–H groups in total. The maximum absolute atomic E-state index is 13.1. The van der Waals surface area contributed by atoms with Gasteiger partial charge in [-0.3, -0.25) is 0 Å². The Hall–Kier alpha value is -1.58. The molecule has 0 bridgehead atoms. The Bertz CT molecular complexity index is 706. The first-order valence-electron chi connectivity index (χ1n) is 5.77. The van der Waals surface area contributed by atoms with Gasteiger partial charge in [0, 0.05) is 14.6 Å². The fourth-order valence-electron chi connectivity index (χ4n) is 1.83.